The minimum absolute atomic E-state index is 0.0867. The molecule has 0 radical (unpaired) electrons. The standard InChI is InChI=1S/C21H41N3O2/c1-6-7-18(4)16-24-10-8-23(9-11-24)12-13-26-20-14-19(15-20)22(5)21(25)17(2)3/h17-20H,6-16H2,1-5H3/t18?,19-,20-. The molecule has 1 amide bonds. The quantitative estimate of drug-likeness (QED) is 0.595. The van der Waals surface area contributed by atoms with Crippen LogP contribution < -0.4 is 0 Å². The van der Waals surface area contributed by atoms with Gasteiger partial charge in [0, 0.05) is 58.3 Å². The first-order valence-corrected chi connectivity index (χ1v) is 10.7. The minimum atomic E-state index is 0.0867. The summed E-state index contributed by atoms with van der Waals surface area (Å²) in [5, 5.41) is 0. The predicted octanol–water partition coefficient (Wildman–Crippen LogP) is 2.70. The minimum Gasteiger partial charge on any atom is -0.377 e. The first-order valence-electron chi connectivity index (χ1n) is 10.7. The molecule has 1 aliphatic carbocycles. The molecule has 1 saturated heterocycles. The maximum Gasteiger partial charge on any atom is 0.225 e. The van der Waals surface area contributed by atoms with Crippen LogP contribution in [0.2, 0.25) is 0 Å². The third-order valence-corrected chi connectivity index (χ3v) is 6.04. The molecule has 0 aromatic rings. The van der Waals surface area contributed by atoms with Gasteiger partial charge >= 0.3 is 0 Å². The van der Waals surface area contributed by atoms with E-state index < -0.39 is 0 Å². The van der Waals surface area contributed by atoms with Crippen molar-refractivity contribution in [2.45, 2.75) is 65.5 Å². The second-order valence-corrected chi connectivity index (χ2v) is 8.76. The monoisotopic (exact) mass is 367 g/mol. The highest BCUT2D eigenvalue weighted by molar-refractivity contribution is 5.78. The van der Waals surface area contributed by atoms with Crippen LogP contribution in [0, 0.1) is 11.8 Å². The van der Waals surface area contributed by atoms with Gasteiger partial charge in [0.15, 0.2) is 0 Å². The number of hydrogen-bond donors (Lipinski definition) is 0. The summed E-state index contributed by atoms with van der Waals surface area (Å²) in [6, 6.07) is 0.378. The normalized spacial score (nSPS) is 25.9. The Morgan fingerprint density at radius 1 is 1.12 bits per heavy atom. The van der Waals surface area contributed by atoms with Crippen molar-refractivity contribution in [3.8, 4) is 0 Å². The zero-order chi connectivity index (χ0) is 19.1. The third kappa shape index (κ3) is 6.50. The van der Waals surface area contributed by atoms with Crippen LogP contribution in [0.5, 0.6) is 0 Å². The van der Waals surface area contributed by atoms with Crippen molar-refractivity contribution < 1.29 is 9.53 Å². The molecule has 26 heavy (non-hydrogen) atoms. The van der Waals surface area contributed by atoms with Crippen LogP contribution in [0.1, 0.15) is 53.4 Å². The lowest BCUT2D eigenvalue weighted by Gasteiger charge is -2.42. The molecule has 0 aromatic heterocycles. The third-order valence-electron chi connectivity index (χ3n) is 6.04. The number of hydrogen-bond acceptors (Lipinski definition) is 4. The van der Waals surface area contributed by atoms with Crippen LogP contribution in [0.25, 0.3) is 0 Å². The van der Waals surface area contributed by atoms with Gasteiger partial charge in [-0.1, -0.05) is 34.1 Å². The zero-order valence-corrected chi connectivity index (χ0v) is 17.7. The molecule has 0 aromatic carbocycles. The molecule has 1 unspecified atom stereocenters. The summed E-state index contributed by atoms with van der Waals surface area (Å²) in [4.78, 5) is 19.1. The van der Waals surface area contributed by atoms with Gasteiger partial charge in [0.05, 0.1) is 12.7 Å². The fourth-order valence-electron chi connectivity index (χ4n) is 4.15. The van der Waals surface area contributed by atoms with E-state index in [1.807, 2.05) is 25.8 Å². The molecule has 5 nitrogen and oxygen atoms in total. The first kappa shape index (κ1) is 21.6. The lowest BCUT2D eigenvalue weighted by atomic mass is 9.87. The van der Waals surface area contributed by atoms with Crippen LogP contribution in [-0.4, -0.2) is 85.7 Å². The number of ether oxygens (including phenoxy) is 1. The smallest absolute Gasteiger partial charge is 0.225 e. The Hall–Kier alpha value is -0.650. The van der Waals surface area contributed by atoms with Crippen molar-refractivity contribution >= 4 is 5.91 Å². The molecule has 0 bridgehead atoms. The average molecular weight is 368 g/mol. The van der Waals surface area contributed by atoms with E-state index in [1.54, 1.807) is 0 Å². The van der Waals surface area contributed by atoms with Crippen molar-refractivity contribution in [2.24, 2.45) is 11.8 Å². The van der Waals surface area contributed by atoms with Crippen LogP contribution in [0.15, 0.2) is 0 Å². The van der Waals surface area contributed by atoms with Crippen LogP contribution in [-0.2, 0) is 9.53 Å². The summed E-state index contributed by atoms with van der Waals surface area (Å²) in [7, 11) is 1.93. The van der Waals surface area contributed by atoms with Crippen molar-refractivity contribution in [3.05, 3.63) is 0 Å². The van der Waals surface area contributed by atoms with E-state index in [-0.39, 0.29) is 11.8 Å². The van der Waals surface area contributed by atoms with Gasteiger partial charge < -0.3 is 14.5 Å². The van der Waals surface area contributed by atoms with Gasteiger partial charge in [-0.3, -0.25) is 9.69 Å². The van der Waals surface area contributed by atoms with E-state index in [2.05, 4.69) is 23.6 Å². The van der Waals surface area contributed by atoms with Gasteiger partial charge in [0.1, 0.15) is 0 Å². The van der Waals surface area contributed by atoms with Crippen LogP contribution in [0.3, 0.4) is 0 Å². The summed E-state index contributed by atoms with van der Waals surface area (Å²) < 4.78 is 6.03. The molecule has 152 valence electrons. The van der Waals surface area contributed by atoms with E-state index >= 15 is 0 Å². The molecule has 1 saturated carbocycles. The van der Waals surface area contributed by atoms with E-state index in [4.69, 9.17) is 4.74 Å². The number of amides is 1. The largest absolute Gasteiger partial charge is 0.377 e. The molecular formula is C21H41N3O2. The lowest BCUT2D eigenvalue weighted by molar-refractivity contribution is -0.140. The van der Waals surface area contributed by atoms with Crippen molar-refractivity contribution in [3.63, 3.8) is 0 Å². The Kier molecular flexibility index (Phi) is 8.85. The summed E-state index contributed by atoms with van der Waals surface area (Å²) >= 11 is 0. The van der Waals surface area contributed by atoms with Gasteiger partial charge in [0.2, 0.25) is 5.91 Å². The Bertz CT molecular complexity index is 415. The Morgan fingerprint density at radius 3 is 2.31 bits per heavy atom. The average Bonchev–Trinajstić information content (AvgIpc) is 2.57. The number of rotatable bonds is 10. The lowest BCUT2D eigenvalue weighted by Crippen LogP contribution is -2.51. The topological polar surface area (TPSA) is 36.0 Å². The molecule has 2 fully saturated rings. The molecule has 0 N–H and O–H groups in total. The fourth-order valence-corrected chi connectivity index (χ4v) is 4.15. The van der Waals surface area contributed by atoms with E-state index in [0.29, 0.717) is 12.1 Å². The van der Waals surface area contributed by atoms with Gasteiger partial charge in [-0.25, -0.2) is 0 Å². The Balaban J connectivity index is 1.52. The van der Waals surface area contributed by atoms with Crippen molar-refractivity contribution in [2.75, 3.05) is 52.9 Å². The number of carbonyl (C=O) groups excluding carboxylic acids is 1. The highest BCUT2D eigenvalue weighted by Crippen LogP contribution is 2.28. The van der Waals surface area contributed by atoms with Crippen molar-refractivity contribution in [1.29, 1.82) is 0 Å². The molecule has 2 aliphatic rings. The Labute approximate surface area is 161 Å². The highest BCUT2D eigenvalue weighted by atomic mass is 16.5. The first-order chi connectivity index (χ1) is 12.4. The van der Waals surface area contributed by atoms with Gasteiger partial charge in [0.25, 0.3) is 0 Å². The van der Waals surface area contributed by atoms with Gasteiger partial charge in [-0.05, 0) is 25.2 Å². The van der Waals surface area contributed by atoms with Crippen molar-refractivity contribution in [1.82, 2.24) is 14.7 Å². The molecule has 1 atom stereocenters. The molecule has 1 aliphatic heterocycles. The highest BCUT2D eigenvalue weighted by Gasteiger charge is 2.35. The van der Waals surface area contributed by atoms with Gasteiger partial charge in [-0.15, -0.1) is 0 Å². The SMILES string of the molecule is CCCC(C)CN1CCN(CCO[C@H]2C[C@H](N(C)C(=O)C(C)C)C2)CC1. The molecule has 1 heterocycles. The summed E-state index contributed by atoms with van der Waals surface area (Å²) in [6.45, 7) is 16.4. The predicted molar refractivity (Wildman–Crippen MR) is 107 cm³/mol. The summed E-state index contributed by atoms with van der Waals surface area (Å²) in [6.07, 6.45) is 4.98. The second-order valence-electron chi connectivity index (χ2n) is 8.76. The molecule has 2 rings (SSSR count). The number of carbonyl (C=O) groups is 1. The summed E-state index contributed by atoms with van der Waals surface area (Å²) in [5.74, 6) is 1.16. The van der Waals surface area contributed by atoms with E-state index in [9.17, 15) is 4.79 Å². The van der Waals surface area contributed by atoms with Crippen LogP contribution in [0.4, 0.5) is 0 Å². The van der Waals surface area contributed by atoms with Gasteiger partial charge in [-0.2, -0.15) is 0 Å². The molecular weight excluding hydrogens is 326 g/mol. The number of nitrogens with zero attached hydrogens (tertiary/aromatic N) is 3. The van der Waals surface area contributed by atoms with E-state index in [0.717, 1.165) is 31.9 Å². The second kappa shape index (κ2) is 10.6. The maximum absolute atomic E-state index is 12.0. The van der Waals surface area contributed by atoms with E-state index in [1.165, 1.54) is 45.6 Å². The zero-order valence-electron chi connectivity index (χ0n) is 17.7. The number of piperazine rings is 1. The van der Waals surface area contributed by atoms with Crippen LogP contribution >= 0.6 is 0 Å². The fraction of sp³-hybridized carbons (Fsp3) is 0.952. The summed E-state index contributed by atoms with van der Waals surface area (Å²) in [5.41, 5.74) is 0. The Morgan fingerprint density at radius 2 is 1.73 bits per heavy atom. The molecule has 5 heteroatoms. The maximum atomic E-state index is 12.0. The molecule has 0 spiro atoms.